The van der Waals surface area contributed by atoms with Crippen molar-refractivity contribution in [2.45, 2.75) is 0 Å². The molecule has 0 atom stereocenters. The molecule has 0 spiro atoms. The van der Waals surface area contributed by atoms with E-state index < -0.39 is 0 Å². The molecule has 5 aromatic carbocycles. The summed E-state index contributed by atoms with van der Waals surface area (Å²) >= 11 is 0. The Balaban J connectivity index is 0.00000329. The SMILES string of the molecule is [C-]#[N+]c1ccc(O)c(-c2nc3c(-c4[c-]c(-c5ccccn5)ccc4)cccc3n2-c2ccc(-c3ccccc3)cc2)c1.[Pt]. The number of benzene rings is 5. The molecule has 0 saturated heterocycles. The summed E-state index contributed by atoms with van der Waals surface area (Å²) in [5.74, 6) is 0.610. The average Bonchev–Trinajstić information content (AvgIpc) is 3.45. The second-order valence-electron chi connectivity index (χ2n) is 9.86. The van der Waals surface area contributed by atoms with E-state index in [4.69, 9.17) is 11.6 Å². The van der Waals surface area contributed by atoms with Gasteiger partial charge in [-0.15, -0.1) is 29.8 Å². The minimum Gasteiger partial charge on any atom is -0.507 e. The molecule has 0 radical (unpaired) electrons. The number of rotatable bonds is 5. The van der Waals surface area contributed by atoms with Gasteiger partial charge in [-0.3, -0.25) is 9.55 Å². The van der Waals surface area contributed by atoms with Crippen LogP contribution in [0.3, 0.4) is 0 Å². The number of hydrogen-bond donors (Lipinski definition) is 1. The van der Waals surface area contributed by atoms with E-state index in [9.17, 15) is 5.11 Å². The van der Waals surface area contributed by atoms with Crippen molar-refractivity contribution in [3.8, 4) is 56.3 Å². The second kappa shape index (κ2) is 11.9. The molecule has 43 heavy (non-hydrogen) atoms. The van der Waals surface area contributed by atoms with Gasteiger partial charge < -0.3 is 5.11 Å². The Morgan fingerprint density at radius 1 is 0.698 bits per heavy atom. The van der Waals surface area contributed by atoms with E-state index >= 15 is 0 Å². The third-order valence-electron chi connectivity index (χ3n) is 7.29. The van der Waals surface area contributed by atoms with Gasteiger partial charge in [0.15, 0.2) is 5.69 Å². The summed E-state index contributed by atoms with van der Waals surface area (Å²) in [5.41, 5.74) is 9.22. The molecule has 7 aromatic rings. The molecule has 0 bridgehead atoms. The van der Waals surface area contributed by atoms with E-state index in [0.717, 1.165) is 50.2 Å². The van der Waals surface area contributed by atoms with Gasteiger partial charge in [-0.2, -0.15) is 0 Å². The monoisotopic (exact) mass is 734 g/mol. The van der Waals surface area contributed by atoms with Crippen LogP contribution in [0.4, 0.5) is 5.69 Å². The molecule has 6 heteroatoms. The van der Waals surface area contributed by atoms with E-state index in [1.165, 1.54) is 0 Å². The quantitative estimate of drug-likeness (QED) is 0.180. The van der Waals surface area contributed by atoms with Crippen LogP contribution in [0, 0.1) is 12.6 Å². The van der Waals surface area contributed by atoms with Crippen LogP contribution < -0.4 is 0 Å². The molecule has 208 valence electrons. The molecule has 0 aliphatic heterocycles. The molecule has 0 fully saturated rings. The van der Waals surface area contributed by atoms with Gasteiger partial charge >= 0.3 is 0 Å². The van der Waals surface area contributed by atoms with Gasteiger partial charge in [-0.25, -0.2) is 9.83 Å². The Hall–Kier alpha value is -5.30. The summed E-state index contributed by atoms with van der Waals surface area (Å²) in [4.78, 5) is 13.2. The predicted octanol–water partition coefficient (Wildman–Crippen LogP) is 9.14. The maximum Gasteiger partial charge on any atom is 0.188 e. The number of aromatic hydroxyl groups is 1. The minimum atomic E-state index is 0. The van der Waals surface area contributed by atoms with Crippen LogP contribution in [-0.4, -0.2) is 19.6 Å². The summed E-state index contributed by atoms with van der Waals surface area (Å²) in [6, 6.07) is 44.8. The fourth-order valence-electron chi connectivity index (χ4n) is 5.26. The van der Waals surface area contributed by atoms with Crippen molar-refractivity contribution in [2.24, 2.45) is 0 Å². The van der Waals surface area contributed by atoms with Crippen molar-refractivity contribution in [3.63, 3.8) is 0 Å². The van der Waals surface area contributed by atoms with Gasteiger partial charge in [-0.05, 0) is 47.5 Å². The third-order valence-corrected chi connectivity index (χ3v) is 7.29. The number of aromatic nitrogens is 3. The van der Waals surface area contributed by atoms with Crippen molar-refractivity contribution >= 4 is 16.7 Å². The van der Waals surface area contributed by atoms with Crippen LogP contribution in [0.2, 0.25) is 0 Å². The minimum absolute atomic E-state index is 0. The Bertz CT molecular complexity index is 2100. The average molecular weight is 735 g/mol. The van der Waals surface area contributed by atoms with Gasteiger partial charge in [0, 0.05) is 44.2 Å². The standard InChI is InChI=1S/C37H23N4O.Pt/c1-38-29-18-21-35(42)32(24-29)37-40-36-31(27-11-7-12-28(23-27)33-14-5-6-22-39-33)13-8-15-34(36)41(37)30-19-16-26(17-20-30)25-9-3-2-4-10-25;/h2-22,24,42H;/q-1;. The molecule has 2 aromatic heterocycles. The summed E-state index contributed by atoms with van der Waals surface area (Å²) < 4.78 is 2.04. The van der Waals surface area contributed by atoms with Gasteiger partial charge in [0.25, 0.3) is 0 Å². The normalized spacial score (nSPS) is 10.7. The van der Waals surface area contributed by atoms with Crippen LogP contribution in [0.5, 0.6) is 5.75 Å². The number of imidazole rings is 1. The molecule has 5 nitrogen and oxygen atoms in total. The molecule has 0 aliphatic carbocycles. The predicted molar refractivity (Wildman–Crippen MR) is 167 cm³/mol. The van der Waals surface area contributed by atoms with Crippen molar-refractivity contribution in [1.29, 1.82) is 0 Å². The van der Waals surface area contributed by atoms with E-state index in [1.807, 2.05) is 77.4 Å². The largest absolute Gasteiger partial charge is 0.507 e. The van der Waals surface area contributed by atoms with E-state index in [0.29, 0.717) is 17.1 Å². The zero-order valence-electron chi connectivity index (χ0n) is 22.8. The Kier molecular flexibility index (Phi) is 7.70. The Morgan fingerprint density at radius 2 is 1.44 bits per heavy atom. The van der Waals surface area contributed by atoms with Crippen LogP contribution in [-0.2, 0) is 21.1 Å². The first-order chi connectivity index (χ1) is 20.7. The Labute approximate surface area is 263 Å². The second-order valence-corrected chi connectivity index (χ2v) is 9.86. The van der Waals surface area contributed by atoms with Crippen molar-refractivity contribution < 1.29 is 26.2 Å². The smallest absolute Gasteiger partial charge is 0.188 e. The fourth-order valence-corrected chi connectivity index (χ4v) is 5.26. The first-order valence-electron chi connectivity index (χ1n) is 13.5. The summed E-state index contributed by atoms with van der Waals surface area (Å²) in [7, 11) is 0. The Morgan fingerprint density at radius 3 is 2.21 bits per heavy atom. The molecule has 0 saturated carbocycles. The van der Waals surface area contributed by atoms with Crippen LogP contribution in [0.15, 0.2) is 134 Å². The molecular formula is C37H23N4OPt-. The zero-order chi connectivity index (χ0) is 28.5. The van der Waals surface area contributed by atoms with Gasteiger partial charge in [0.2, 0.25) is 0 Å². The van der Waals surface area contributed by atoms with E-state index in [2.05, 4.69) is 52.3 Å². The molecule has 7 rings (SSSR count). The fraction of sp³-hybridized carbons (Fsp3) is 0. The molecule has 0 aliphatic rings. The first-order valence-corrected chi connectivity index (χ1v) is 13.5. The number of phenolic OH excluding ortho intramolecular Hbond substituents is 1. The first kappa shape index (κ1) is 27.8. The summed E-state index contributed by atoms with van der Waals surface area (Å²) in [6.45, 7) is 7.55. The van der Waals surface area contributed by atoms with Crippen molar-refractivity contribution in [1.82, 2.24) is 14.5 Å². The van der Waals surface area contributed by atoms with Gasteiger partial charge in [0.05, 0.1) is 17.6 Å². The molecule has 0 unspecified atom stereocenters. The number of phenols is 1. The number of fused-ring (bicyclic) bond motifs is 1. The van der Waals surface area contributed by atoms with Crippen molar-refractivity contribution in [2.75, 3.05) is 0 Å². The maximum atomic E-state index is 11.0. The van der Waals surface area contributed by atoms with Gasteiger partial charge in [-0.1, -0.05) is 83.9 Å². The van der Waals surface area contributed by atoms with Crippen LogP contribution in [0.25, 0.3) is 66.5 Å². The number of hydrogen-bond acceptors (Lipinski definition) is 3. The van der Waals surface area contributed by atoms with E-state index in [-0.39, 0.29) is 26.8 Å². The van der Waals surface area contributed by atoms with Gasteiger partial charge in [0.1, 0.15) is 11.6 Å². The molecule has 1 N–H and O–H groups in total. The number of para-hydroxylation sites is 1. The van der Waals surface area contributed by atoms with Crippen LogP contribution in [0.1, 0.15) is 0 Å². The third kappa shape index (κ3) is 5.25. The number of pyridine rings is 1. The zero-order valence-corrected chi connectivity index (χ0v) is 25.0. The topological polar surface area (TPSA) is 55.3 Å². The van der Waals surface area contributed by atoms with Crippen LogP contribution >= 0.6 is 0 Å². The summed E-state index contributed by atoms with van der Waals surface area (Å²) in [5, 5.41) is 11.0. The summed E-state index contributed by atoms with van der Waals surface area (Å²) in [6.07, 6.45) is 1.78. The maximum absolute atomic E-state index is 11.0. The molecule has 0 amide bonds. The number of nitrogens with zero attached hydrogens (tertiary/aromatic N) is 4. The molecular weight excluding hydrogens is 712 g/mol. The molecule has 2 heterocycles. The van der Waals surface area contributed by atoms with E-state index in [1.54, 1.807) is 24.4 Å². The van der Waals surface area contributed by atoms with Crippen molar-refractivity contribution in [3.05, 3.63) is 151 Å².